The summed E-state index contributed by atoms with van der Waals surface area (Å²) < 4.78 is 0. The van der Waals surface area contributed by atoms with Crippen LogP contribution in [0, 0.1) is 0 Å². The Labute approximate surface area is 68.2 Å². The minimum atomic E-state index is -1.50. The summed E-state index contributed by atoms with van der Waals surface area (Å²) in [6.45, 7) is 0. The molecule has 0 aromatic heterocycles. The molecule has 4 heteroatoms. The van der Waals surface area contributed by atoms with Gasteiger partial charge in [0.15, 0.2) is 5.78 Å². The molecule has 0 saturated carbocycles. The van der Waals surface area contributed by atoms with Gasteiger partial charge in [0, 0.05) is 12.0 Å². The van der Waals surface area contributed by atoms with Crippen LogP contribution in [0.5, 0.6) is 0 Å². The highest BCUT2D eigenvalue weighted by Crippen LogP contribution is 2.07. The SMILES string of the molecule is O=C1C=CC(C(=O)C(=O)O)=CC1. The van der Waals surface area contributed by atoms with E-state index in [1.807, 2.05) is 0 Å². The van der Waals surface area contributed by atoms with E-state index in [1.165, 1.54) is 18.2 Å². The van der Waals surface area contributed by atoms with E-state index >= 15 is 0 Å². The van der Waals surface area contributed by atoms with Crippen molar-refractivity contribution in [1.29, 1.82) is 0 Å². The van der Waals surface area contributed by atoms with Gasteiger partial charge in [0.1, 0.15) is 0 Å². The van der Waals surface area contributed by atoms with Gasteiger partial charge in [0.05, 0.1) is 0 Å². The zero-order valence-corrected chi connectivity index (χ0v) is 6.11. The average molecular weight is 166 g/mol. The summed E-state index contributed by atoms with van der Waals surface area (Å²) in [7, 11) is 0. The first-order chi connectivity index (χ1) is 5.61. The molecule has 0 heterocycles. The molecule has 0 saturated heterocycles. The number of carbonyl (C=O) groups excluding carboxylic acids is 2. The third-order valence-electron chi connectivity index (χ3n) is 1.43. The molecule has 1 aliphatic rings. The third kappa shape index (κ3) is 1.66. The van der Waals surface area contributed by atoms with Crippen molar-refractivity contribution in [2.45, 2.75) is 6.42 Å². The van der Waals surface area contributed by atoms with Crippen LogP contribution in [0.4, 0.5) is 0 Å². The molecular weight excluding hydrogens is 160 g/mol. The molecule has 0 amide bonds. The van der Waals surface area contributed by atoms with Crippen molar-refractivity contribution in [2.75, 3.05) is 0 Å². The smallest absolute Gasteiger partial charge is 0.377 e. The van der Waals surface area contributed by atoms with E-state index in [1.54, 1.807) is 0 Å². The van der Waals surface area contributed by atoms with E-state index in [-0.39, 0.29) is 17.8 Å². The number of rotatable bonds is 2. The predicted octanol–water partition coefficient (Wildman–Crippen LogP) is 0.0955. The van der Waals surface area contributed by atoms with Crippen molar-refractivity contribution in [3.63, 3.8) is 0 Å². The van der Waals surface area contributed by atoms with Crippen LogP contribution in [0.15, 0.2) is 23.8 Å². The maximum Gasteiger partial charge on any atom is 0.377 e. The zero-order chi connectivity index (χ0) is 9.14. The van der Waals surface area contributed by atoms with E-state index in [4.69, 9.17) is 5.11 Å². The number of aliphatic carboxylic acids is 1. The first kappa shape index (κ1) is 8.39. The number of carboxylic acid groups (broad SMARTS) is 1. The standard InChI is InChI=1S/C8H6O4/c9-6-3-1-5(2-4-6)7(10)8(11)12/h1-3H,4H2,(H,11,12). The Hall–Kier alpha value is -1.71. The monoisotopic (exact) mass is 166 g/mol. The fraction of sp³-hybridized carbons (Fsp3) is 0.125. The van der Waals surface area contributed by atoms with Crippen molar-refractivity contribution in [3.05, 3.63) is 23.8 Å². The molecule has 0 aromatic rings. The number of ketones is 2. The number of carboxylic acids is 1. The molecule has 0 unspecified atom stereocenters. The molecule has 1 aliphatic carbocycles. The van der Waals surface area contributed by atoms with E-state index in [0.717, 1.165) is 0 Å². The van der Waals surface area contributed by atoms with Crippen LogP contribution >= 0.6 is 0 Å². The summed E-state index contributed by atoms with van der Waals surface area (Å²) in [6, 6.07) is 0. The summed E-state index contributed by atoms with van der Waals surface area (Å²) in [4.78, 5) is 31.6. The Morgan fingerprint density at radius 1 is 1.33 bits per heavy atom. The van der Waals surface area contributed by atoms with Crippen LogP contribution in [0.25, 0.3) is 0 Å². The molecule has 12 heavy (non-hydrogen) atoms. The number of carbonyl (C=O) groups is 3. The quantitative estimate of drug-likeness (QED) is 0.590. The molecule has 62 valence electrons. The van der Waals surface area contributed by atoms with Crippen molar-refractivity contribution in [2.24, 2.45) is 0 Å². The highest BCUT2D eigenvalue weighted by molar-refractivity contribution is 6.40. The summed E-state index contributed by atoms with van der Waals surface area (Å²) in [5.74, 6) is -2.60. The molecule has 0 spiro atoms. The summed E-state index contributed by atoms with van der Waals surface area (Å²) in [6.07, 6.45) is 3.85. The highest BCUT2D eigenvalue weighted by atomic mass is 16.4. The number of Topliss-reactive ketones (excluding diaryl/α,β-unsaturated/α-hetero) is 1. The van der Waals surface area contributed by atoms with Crippen LogP contribution in [-0.4, -0.2) is 22.6 Å². The Kier molecular flexibility index (Phi) is 2.19. The summed E-state index contributed by atoms with van der Waals surface area (Å²) in [5.41, 5.74) is 0.0714. The molecule has 4 nitrogen and oxygen atoms in total. The molecule has 1 rings (SSSR count). The van der Waals surface area contributed by atoms with Crippen LogP contribution < -0.4 is 0 Å². The number of allylic oxidation sites excluding steroid dienone is 3. The first-order valence-electron chi connectivity index (χ1n) is 3.30. The third-order valence-corrected chi connectivity index (χ3v) is 1.43. The van der Waals surface area contributed by atoms with Gasteiger partial charge in [0.2, 0.25) is 0 Å². The Bertz CT molecular complexity index is 309. The van der Waals surface area contributed by atoms with Crippen LogP contribution in [0.3, 0.4) is 0 Å². The average Bonchev–Trinajstić information content (AvgIpc) is 2.04. The Morgan fingerprint density at radius 2 is 2.00 bits per heavy atom. The van der Waals surface area contributed by atoms with E-state index in [9.17, 15) is 14.4 Å². The lowest BCUT2D eigenvalue weighted by Crippen LogP contribution is -2.15. The van der Waals surface area contributed by atoms with Crippen LogP contribution in [0.2, 0.25) is 0 Å². The molecule has 0 fully saturated rings. The topological polar surface area (TPSA) is 71.4 Å². The molecule has 0 aromatic carbocycles. The minimum Gasteiger partial charge on any atom is -0.475 e. The van der Waals surface area contributed by atoms with Gasteiger partial charge in [0.25, 0.3) is 5.78 Å². The zero-order valence-electron chi connectivity index (χ0n) is 6.11. The lowest BCUT2D eigenvalue weighted by atomic mass is 10.0. The van der Waals surface area contributed by atoms with Gasteiger partial charge in [-0.25, -0.2) is 4.79 Å². The maximum atomic E-state index is 10.8. The second-order valence-electron chi connectivity index (χ2n) is 2.30. The van der Waals surface area contributed by atoms with Gasteiger partial charge in [-0.3, -0.25) is 9.59 Å². The van der Waals surface area contributed by atoms with Crippen molar-refractivity contribution >= 4 is 17.5 Å². The van der Waals surface area contributed by atoms with E-state index in [0.29, 0.717) is 0 Å². The molecular formula is C8H6O4. The maximum absolute atomic E-state index is 10.8. The second kappa shape index (κ2) is 3.13. The van der Waals surface area contributed by atoms with E-state index in [2.05, 4.69) is 0 Å². The molecule has 0 radical (unpaired) electrons. The summed E-state index contributed by atoms with van der Waals surface area (Å²) in [5, 5.41) is 8.29. The van der Waals surface area contributed by atoms with Crippen LogP contribution in [0.1, 0.15) is 6.42 Å². The number of hydrogen-bond acceptors (Lipinski definition) is 3. The van der Waals surface area contributed by atoms with Gasteiger partial charge in [-0.2, -0.15) is 0 Å². The lowest BCUT2D eigenvalue weighted by molar-refractivity contribution is -0.147. The van der Waals surface area contributed by atoms with Crippen LogP contribution in [-0.2, 0) is 14.4 Å². The van der Waals surface area contributed by atoms with Gasteiger partial charge in [-0.15, -0.1) is 0 Å². The fourth-order valence-electron chi connectivity index (χ4n) is 0.821. The largest absolute Gasteiger partial charge is 0.475 e. The first-order valence-corrected chi connectivity index (χ1v) is 3.30. The Balaban J connectivity index is 2.80. The molecule has 1 N–H and O–H groups in total. The molecule has 0 aliphatic heterocycles. The van der Waals surface area contributed by atoms with Crippen molar-refractivity contribution < 1.29 is 19.5 Å². The number of hydrogen-bond donors (Lipinski definition) is 1. The highest BCUT2D eigenvalue weighted by Gasteiger charge is 2.17. The molecule has 0 atom stereocenters. The predicted molar refractivity (Wildman–Crippen MR) is 39.5 cm³/mol. The van der Waals surface area contributed by atoms with Gasteiger partial charge in [-0.1, -0.05) is 6.08 Å². The Morgan fingerprint density at radius 3 is 2.42 bits per heavy atom. The van der Waals surface area contributed by atoms with Crippen molar-refractivity contribution in [1.82, 2.24) is 0 Å². The second-order valence-corrected chi connectivity index (χ2v) is 2.30. The van der Waals surface area contributed by atoms with Gasteiger partial charge in [-0.05, 0) is 12.2 Å². The normalized spacial score (nSPS) is 15.7. The fourth-order valence-corrected chi connectivity index (χ4v) is 0.821. The van der Waals surface area contributed by atoms with Gasteiger partial charge < -0.3 is 5.11 Å². The summed E-state index contributed by atoms with van der Waals surface area (Å²) >= 11 is 0. The van der Waals surface area contributed by atoms with Gasteiger partial charge >= 0.3 is 5.97 Å². The van der Waals surface area contributed by atoms with Crippen molar-refractivity contribution in [3.8, 4) is 0 Å². The van der Waals surface area contributed by atoms with E-state index < -0.39 is 11.8 Å². The lowest BCUT2D eigenvalue weighted by Gasteiger charge is -2.00. The molecule has 0 bridgehead atoms. The minimum absolute atomic E-state index is 0.0714.